The van der Waals surface area contributed by atoms with Gasteiger partial charge in [-0.3, -0.25) is 4.79 Å². The van der Waals surface area contributed by atoms with E-state index in [1.54, 1.807) is 6.08 Å². The van der Waals surface area contributed by atoms with Crippen LogP contribution in [-0.2, 0) is 4.79 Å². The molecule has 0 saturated carbocycles. The topological polar surface area (TPSA) is 69.6 Å². The molecule has 0 fully saturated rings. The fourth-order valence-electron chi connectivity index (χ4n) is 9.33. The normalized spacial score (nSPS) is 13.0. The zero-order chi connectivity index (χ0) is 47.0. The van der Waals surface area contributed by atoms with Crippen LogP contribution in [0.25, 0.3) is 0 Å². The van der Waals surface area contributed by atoms with E-state index in [2.05, 4.69) is 43.5 Å². The molecule has 2 atom stereocenters. The first kappa shape index (κ1) is 63.6. The average Bonchev–Trinajstić information content (AvgIpc) is 3.31. The molecule has 0 heterocycles. The molecule has 0 radical (unpaired) electrons. The predicted octanol–water partition coefficient (Wildman–Crippen LogP) is 19.6. The first-order valence-corrected chi connectivity index (χ1v) is 29.7. The first-order valence-electron chi connectivity index (χ1n) is 29.7. The summed E-state index contributed by atoms with van der Waals surface area (Å²) in [7, 11) is 0. The Morgan fingerprint density at radius 1 is 0.369 bits per heavy atom. The van der Waals surface area contributed by atoms with Crippen molar-refractivity contribution in [3.8, 4) is 0 Å². The van der Waals surface area contributed by atoms with Crippen molar-refractivity contribution < 1.29 is 15.0 Å². The Kier molecular flexibility index (Phi) is 55.7. The van der Waals surface area contributed by atoms with Crippen LogP contribution in [0.15, 0.2) is 36.5 Å². The number of unbranched alkanes of at least 4 members (excludes halogenated alkanes) is 44. The van der Waals surface area contributed by atoms with Crippen molar-refractivity contribution >= 4 is 5.91 Å². The molecule has 0 rings (SSSR count). The first-order chi connectivity index (χ1) is 32.2. The fraction of sp³-hybridized carbons (Fsp3) is 0.885. The van der Waals surface area contributed by atoms with Gasteiger partial charge in [0.05, 0.1) is 18.8 Å². The molecule has 4 heteroatoms. The number of amides is 1. The highest BCUT2D eigenvalue weighted by atomic mass is 16.3. The number of nitrogens with one attached hydrogen (secondary N) is 1. The summed E-state index contributed by atoms with van der Waals surface area (Å²) in [5.41, 5.74) is 0. The molecule has 0 spiro atoms. The molecule has 0 aliphatic rings. The zero-order valence-electron chi connectivity index (χ0n) is 44.3. The van der Waals surface area contributed by atoms with Gasteiger partial charge in [0.2, 0.25) is 5.91 Å². The third kappa shape index (κ3) is 53.4. The molecule has 0 saturated heterocycles. The van der Waals surface area contributed by atoms with Gasteiger partial charge < -0.3 is 15.5 Å². The minimum atomic E-state index is -0.837. The van der Waals surface area contributed by atoms with E-state index in [4.69, 9.17) is 0 Å². The highest BCUT2D eigenvalue weighted by Crippen LogP contribution is 2.17. The summed E-state index contributed by atoms with van der Waals surface area (Å²) in [6.45, 7) is 4.33. The summed E-state index contributed by atoms with van der Waals surface area (Å²) in [6, 6.07) is -0.620. The quantitative estimate of drug-likeness (QED) is 0.0421. The van der Waals surface area contributed by atoms with Crippen molar-refractivity contribution in [2.45, 2.75) is 341 Å². The third-order valence-corrected chi connectivity index (χ3v) is 13.9. The van der Waals surface area contributed by atoms with E-state index >= 15 is 0 Å². The lowest BCUT2D eigenvalue weighted by Crippen LogP contribution is -2.45. The number of aliphatic hydroxyl groups excluding tert-OH is 2. The lowest BCUT2D eigenvalue weighted by atomic mass is 10.0. The van der Waals surface area contributed by atoms with Gasteiger partial charge >= 0.3 is 0 Å². The van der Waals surface area contributed by atoms with Crippen molar-refractivity contribution in [1.82, 2.24) is 5.32 Å². The summed E-state index contributed by atoms with van der Waals surface area (Å²) in [6.07, 6.45) is 77.6. The van der Waals surface area contributed by atoms with Gasteiger partial charge in [0, 0.05) is 6.42 Å². The van der Waals surface area contributed by atoms with Gasteiger partial charge in [-0.15, -0.1) is 0 Å². The second-order valence-corrected chi connectivity index (χ2v) is 20.4. The van der Waals surface area contributed by atoms with E-state index in [0.717, 1.165) is 32.1 Å². The minimum Gasteiger partial charge on any atom is -0.394 e. The molecule has 384 valence electrons. The number of allylic oxidation sites excluding steroid dienone is 5. The summed E-state index contributed by atoms with van der Waals surface area (Å²) in [5.74, 6) is -0.0603. The predicted molar refractivity (Wildman–Crippen MR) is 290 cm³/mol. The Bertz CT molecular complexity index is 989. The van der Waals surface area contributed by atoms with Gasteiger partial charge in [0.1, 0.15) is 0 Å². The Balaban J connectivity index is 3.41. The Morgan fingerprint density at radius 3 is 0.923 bits per heavy atom. The molecule has 1 amide bonds. The Labute approximate surface area is 408 Å². The second kappa shape index (κ2) is 56.9. The van der Waals surface area contributed by atoms with Crippen LogP contribution < -0.4 is 5.32 Å². The monoisotopic (exact) mass is 912 g/mol. The smallest absolute Gasteiger partial charge is 0.220 e. The fourth-order valence-corrected chi connectivity index (χ4v) is 9.33. The van der Waals surface area contributed by atoms with Gasteiger partial charge in [-0.1, -0.05) is 307 Å². The maximum atomic E-state index is 12.4. The maximum absolute atomic E-state index is 12.4. The lowest BCUT2D eigenvalue weighted by Gasteiger charge is -2.20. The SMILES string of the molecule is CCCCCCCCCCCCCC/C=C/C(O)C(CO)NC(=O)CCCCCCCCCCCCCCCCCCC/C=C\C/C=C\CCCCCCCCCCCCCCCCC. The molecule has 0 aromatic heterocycles. The van der Waals surface area contributed by atoms with Crippen LogP contribution in [0.5, 0.6) is 0 Å². The number of hydrogen-bond acceptors (Lipinski definition) is 3. The van der Waals surface area contributed by atoms with E-state index in [9.17, 15) is 15.0 Å². The van der Waals surface area contributed by atoms with Crippen molar-refractivity contribution in [3.63, 3.8) is 0 Å². The minimum absolute atomic E-state index is 0.0603. The van der Waals surface area contributed by atoms with Gasteiger partial charge in [-0.2, -0.15) is 0 Å². The molecular formula is C61H117NO3. The largest absolute Gasteiger partial charge is 0.394 e. The molecule has 0 aromatic carbocycles. The highest BCUT2D eigenvalue weighted by Gasteiger charge is 2.18. The number of aliphatic hydroxyl groups is 2. The summed E-state index contributed by atoms with van der Waals surface area (Å²) >= 11 is 0. The Morgan fingerprint density at radius 2 is 0.631 bits per heavy atom. The van der Waals surface area contributed by atoms with Crippen molar-refractivity contribution in [3.05, 3.63) is 36.5 Å². The van der Waals surface area contributed by atoms with E-state index < -0.39 is 12.1 Å². The Hall–Kier alpha value is -1.39. The number of carbonyl (C=O) groups excluding carboxylic acids is 1. The zero-order valence-corrected chi connectivity index (χ0v) is 44.3. The molecule has 4 nitrogen and oxygen atoms in total. The van der Waals surface area contributed by atoms with Crippen LogP contribution >= 0.6 is 0 Å². The van der Waals surface area contributed by atoms with Gasteiger partial charge in [-0.25, -0.2) is 0 Å². The van der Waals surface area contributed by atoms with Crippen LogP contribution in [-0.4, -0.2) is 34.9 Å². The molecule has 3 N–H and O–H groups in total. The van der Waals surface area contributed by atoms with E-state index in [1.807, 2.05) is 6.08 Å². The van der Waals surface area contributed by atoms with Crippen LogP contribution in [0.3, 0.4) is 0 Å². The molecule has 2 unspecified atom stereocenters. The maximum Gasteiger partial charge on any atom is 0.220 e. The summed E-state index contributed by atoms with van der Waals surface area (Å²) in [5, 5.41) is 23.1. The van der Waals surface area contributed by atoms with Crippen LogP contribution in [0.1, 0.15) is 328 Å². The van der Waals surface area contributed by atoms with E-state index in [0.29, 0.717) is 6.42 Å². The second-order valence-electron chi connectivity index (χ2n) is 20.4. The molecule has 0 aromatic rings. The highest BCUT2D eigenvalue weighted by molar-refractivity contribution is 5.76. The molecular weight excluding hydrogens is 795 g/mol. The number of rotatable bonds is 55. The molecule has 0 aliphatic heterocycles. The standard InChI is InChI=1S/C61H117NO3/c1-3-5-7-9-11-13-15-17-19-20-21-22-23-24-25-26-27-28-29-30-31-32-33-34-35-36-37-38-39-40-41-42-43-45-47-49-51-53-55-57-61(65)62-59(58-63)60(64)56-54-52-50-48-46-44-18-16-14-12-10-8-6-4-2/h27-28,30-31,54,56,59-60,63-64H,3-26,29,32-53,55,57-58H2,1-2H3,(H,62,65)/b28-27-,31-30-,56-54+. The van der Waals surface area contributed by atoms with Crippen molar-refractivity contribution in [2.75, 3.05) is 6.61 Å². The number of carbonyl (C=O) groups is 1. The summed E-state index contributed by atoms with van der Waals surface area (Å²) < 4.78 is 0. The van der Waals surface area contributed by atoms with Crippen LogP contribution in [0, 0.1) is 0 Å². The molecule has 65 heavy (non-hydrogen) atoms. The summed E-state index contributed by atoms with van der Waals surface area (Å²) in [4.78, 5) is 12.4. The molecule has 0 aliphatic carbocycles. The van der Waals surface area contributed by atoms with E-state index in [-0.39, 0.29) is 12.5 Å². The average molecular weight is 913 g/mol. The number of hydrogen-bond donors (Lipinski definition) is 3. The van der Waals surface area contributed by atoms with Crippen LogP contribution in [0.2, 0.25) is 0 Å². The lowest BCUT2D eigenvalue weighted by molar-refractivity contribution is -0.123. The van der Waals surface area contributed by atoms with Crippen molar-refractivity contribution in [1.29, 1.82) is 0 Å². The molecule has 0 bridgehead atoms. The van der Waals surface area contributed by atoms with E-state index in [1.165, 1.54) is 276 Å². The van der Waals surface area contributed by atoms with Gasteiger partial charge in [0.25, 0.3) is 0 Å². The van der Waals surface area contributed by atoms with Crippen LogP contribution in [0.4, 0.5) is 0 Å². The van der Waals surface area contributed by atoms with Crippen molar-refractivity contribution in [2.24, 2.45) is 0 Å². The van der Waals surface area contributed by atoms with Gasteiger partial charge in [-0.05, 0) is 51.4 Å². The van der Waals surface area contributed by atoms with Gasteiger partial charge in [0.15, 0.2) is 0 Å². The third-order valence-electron chi connectivity index (χ3n) is 13.9.